The Morgan fingerprint density at radius 3 is 2.88 bits per heavy atom. The Bertz CT molecular complexity index is 385. The number of nitrogen functional groups attached to an aromatic ring is 1. The maximum Gasteiger partial charge on any atom is 0.253 e. The van der Waals surface area contributed by atoms with Gasteiger partial charge in [-0.15, -0.1) is 0 Å². The van der Waals surface area contributed by atoms with Crippen LogP contribution in [0.25, 0.3) is 0 Å². The molecule has 16 heavy (non-hydrogen) atoms. The largest absolute Gasteiger partial charge is 0.399 e. The molecule has 3 heteroatoms. The van der Waals surface area contributed by atoms with E-state index in [4.69, 9.17) is 5.73 Å². The van der Waals surface area contributed by atoms with Crippen molar-refractivity contribution in [1.82, 2.24) is 4.90 Å². The summed E-state index contributed by atoms with van der Waals surface area (Å²) in [6.07, 6.45) is 3.80. The second-order valence-corrected chi connectivity index (χ2v) is 4.58. The molecule has 2 N–H and O–H groups in total. The average molecular weight is 218 g/mol. The minimum absolute atomic E-state index is 0.0629. The highest BCUT2D eigenvalue weighted by Gasteiger charge is 2.22. The molecule has 1 fully saturated rings. The normalized spacial score (nSPS) is 14.8. The summed E-state index contributed by atoms with van der Waals surface area (Å²) >= 11 is 0. The van der Waals surface area contributed by atoms with Gasteiger partial charge in [0.15, 0.2) is 0 Å². The Labute approximate surface area is 96.2 Å². The summed E-state index contributed by atoms with van der Waals surface area (Å²) in [6.45, 7) is 0.846. The van der Waals surface area contributed by atoms with E-state index in [9.17, 15) is 4.79 Å². The first-order chi connectivity index (χ1) is 7.66. The molecule has 1 amide bonds. The van der Waals surface area contributed by atoms with Crippen LogP contribution < -0.4 is 5.73 Å². The fraction of sp³-hybridized carbons (Fsp3) is 0.462. The van der Waals surface area contributed by atoms with Crippen LogP contribution in [0.3, 0.4) is 0 Å². The van der Waals surface area contributed by atoms with E-state index in [1.54, 1.807) is 17.0 Å². The summed E-state index contributed by atoms with van der Waals surface area (Å²) in [5.41, 5.74) is 6.98. The number of hydrogen-bond acceptors (Lipinski definition) is 2. The molecule has 86 valence electrons. The van der Waals surface area contributed by atoms with E-state index < -0.39 is 0 Å². The molecule has 0 spiro atoms. The van der Waals surface area contributed by atoms with E-state index in [-0.39, 0.29) is 5.91 Å². The van der Waals surface area contributed by atoms with E-state index in [1.165, 1.54) is 12.8 Å². The monoisotopic (exact) mass is 218 g/mol. The van der Waals surface area contributed by atoms with Crippen LogP contribution in [0.1, 0.15) is 29.6 Å². The van der Waals surface area contributed by atoms with Gasteiger partial charge in [-0.3, -0.25) is 4.79 Å². The van der Waals surface area contributed by atoms with E-state index in [2.05, 4.69) is 0 Å². The predicted octanol–water partition coefficient (Wildman–Crippen LogP) is 2.14. The molecule has 0 saturated heterocycles. The molecular formula is C13H18N2O. The van der Waals surface area contributed by atoms with Crippen molar-refractivity contribution in [2.75, 3.05) is 19.3 Å². The topological polar surface area (TPSA) is 46.3 Å². The number of nitrogens with zero attached hydrogens (tertiary/aromatic N) is 1. The van der Waals surface area contributed by atoms with Crippen molar-refractivity contribution in [3.8, 4) is 0 Å². The summed E-state index contributed by atoms with van der Waals surface area (Å²) in [5, 5.41) is 0. The Balaban J connectivity index is 1.94. The highest BCUT2D eigenvalue weighted by molar-refractivity contribution is 5.94. The van der Waals surface area contributed by atoms with Crippen molar-refractivity contribution in [3.05, 3.63) is 29.8 Å². The Hall–Kier alpha value is -1.51. The molecule has 0 aromatic heterocycles. The minimum Gasteiger partial charge on any atom is -0.399 e. The quantitative estimate of drug-likeness (QED) is 0.787. The minimum atomic E-state index is 0.0629. The molecule has 2 rings (SSSR count). The van der Waals surface area contributed by atoms with Gasteiger partial charge in [-0.25, -0.2) is 0 Å². The fourth-order valence-corrected chi connectivity index (χ4v) is 1.78. The summed E-state index contributed by atoms with van der Waals surface area (Å²) in [5.74, 6) is 0.920. The highest BCUT2D eigenvalue weighted by Crippen LogP contribution is 2.32. The lowest BCUT2D eigenvalue weighted by Gasteiger charge is -2.17. The molecule has 0 atom stereocenters. The first kappa shape index (κ1) is 11.0. The number of rotatable bonds is 4. The molecule has 0 aliphatic heterocycles. The third kappa shape index (κ3) is 2.75. The zero-order chi connectivity index (χ0) is 11.5. The lowest BCUT2D eigenvalue weighted by Crippen LogP contribution is -2.28. The second-order valence-electron chi connectivity index (χ2n) is 4.58. The number of benzene rings is 1. The SMILES string of the molecule is CN(CCC1CC1)C(=O)c1cccc(N)c1. The van der Waals surface area contributed by atoms with Gasteiger partial charge in [0.25, 0.3) is 5.91 Å². The van der Waals surface area contributed by atoms with Crippen LogP contribution in [0, 0.1) is 5.92 Å². The van der Waals surface area contributed by atoms with Crippen LogP contribution in [-0.4, -0.2) is 24.4 Å². The van der Waals surface area contributed by atoms with Gasteiger partial charge in [0, 0.05) is 24.8 Å². The Morgan fingerprint density at radius 2 is 2.25 bits per heavy atom. The van der Waals surface area contributed by atoms with Crippen molar-refractivity contribution >= 4 is 11.6 Å². The number of amides is 1. The van der Waals surface area contributed by atoms with Crippen LogP contribution in [0.15, 0.2) is 24.3 Å². The number of anilines is 1. The third-order valence-electron chi connectivity index (χ3n) is 3.05. The molecule has 1 aliphatic carbocycles. The lowest BCUT2D eigenvalue weighted by atomic mass is 10.1. The van der Waals surface area contributed by atoms with E-state index in [0.29, 0.717) is 11.3 Å². The Morgan fingerprint density at radius 1 is 1.50 bits per heavy atom. The first-order valence-corrected chi connectivity index (χ1v) is 5.78. The van der Waals surface area contributed by atoms with Crippen LogP contribution in [0.5, 0.6) is 0 Å². The summed E-state index contributed by atoms with van der Waals surface area (Å²) < 4.78 is 0. The van der Waals surface area contributed by atoms with E-state index >= 15 is 0 Å². The molecule has 1 saturated carbocycles. The maximum absolute atomic E-state index is 12.0. The second kappa shape index (κ2) is 4.56. The van der Waals surface area contributed by atoms with Crippen molar-refractivity contribution in [3.63, 3.8) is 0 Å². The van der Waals surface area contributed by atoms with Crippen molar-refractivity contribution < 1.29 is 4.79 Å². The van der Waals surface area contributed by atoms with Gasteiger partial charge in [0.2, 0.25) is 0 Å². The first-order valence-electron chi connectivity index (χ1n) is 5.78. The van der Waals surface area contributed by atoms with Crippen LogP contribution in [0.4, 0.5) is 5.69 Å². The standard InChI is InChI=1S/C13H18N2O/c1-15(8-7-10-5-6-10)13(16)11-3-2-4-12(14)9-11/h2-4,9-10H,5-8,14H2,1H3. The van der Waals surface area contributed by atoms with Crippen molar-refractivity contribution in [1.29, 1.82) is 0 Å². The van der Waals surface area contributed by atoms with Gasteiger partial charge in [0.05, 0.1) is 0 Å². The molecule has 1 aromatic carbocycles. The smallest absolute Gasteiger partial charge is 0.253 e. The van der Waals surface area contributed by atoms with Gasteiger partial charge >= 0.3 is 0 Å². The third-order valence-corrected chi connectivity index (χ3v) is 3.05. The Kier molecular flexibility index (Phi) is 3.13. The summed E-state index contributed by atoms with van der Waals surface area (Å²) in [4.78, 5) is 13.8. The van der Waals surface area contributed by atoms with Gasteiger partial charge in [-0.2, -0.15) is 0 Å². The molecule has 1 aliphatic rings. The molecule has 3 nitrogen and oxygen atoms in total. The maximum atomic E-state index is 12.0. The molecule has 0 unspecified atom stereocenters. The average Bonchev–Trinajstić information content (AvgIpc) is 3.08. The zero-order valence-electron chi connectivity index (χ0n) is 9.65. The molecule has 0 bridgehead atoms. The molecule has 0 heterocycles. The zero-order valence-corrected chi connectivity index (χ0v) is 9.65. The predicted molar refractivity (Wildman–Crippen MR) is 65.2 cm³/mol. The van der Waals surface area contributed by atoms with Crippen LogP contribution in [0.2, 0.25) is 0 Å². The highest BCUT2D eigenvalue weighted by atomic mass is 16.2. The molecular weight excluding hydrogens is 200 g/mol. The van der Waals surface area contributed by atoms with Gasteiger partial charge in [-0.1, -0.05) is 18.9 Å². The van der Waals surface area contributed by atoms with Gasteiger partial charge in [-0.05, 0) is 30.5 Å². The van der Waals surface area contributed by atoms with Gasteiger partial charge < -0.3 is 10.6 Å². The van der Waals surface area contributed by atoms with Crippen LogP contribution in [-0.2, 0) is 0 Å². The van der Waals surface area contributed by atoms with Crippen LogP contribution >= 0.6 is 0 Å². The van der Waals surface area contributed by atoms with E-state index in [1.807, 2.05) is 19.2 Å². The number of carbonyl (C=O) groups excluding carboxylic acids is 1. The lowest BCUT2D eigenvalue weighted by molar-refractivity contribution is 0.0791. The van der Waals surface area contributed by atoms with Gasteiger partial charge in [0.1, 0.15) is 0 Å². The molecule has 0 radical (unpaired) electrons. The molecule has 1 aromatic rings. The van der Waals surface area contributed by atoms with Crippen molar-refractivity contribution in [2.45, 2.75) is 19.3 Å². The number of carbonyl (C=O) groups is 1. The summed E-state index contributed by atoms with van der Waals surface area (Å²) in [7, 11) is 1.86. The van der Waals surface area contributed by atoms with E-state index in [0.717, 1.165) is 18.9 Å². The van der Waals surface area contributed by atoms with Crippen molar-refractivity contribution in [2.24, 2.45) is 5.92 Å². The fourth-order valence-electron chi connectivity index (χ4n) is 1.78. The summed E-state index contributed by atoms with van der Waals surface area (Å²) in [6, 6.07) is 7.15. The number of hydrogen-bond donors (Lipinski definition) is 1. The number of nitrogens with two attached hydrogens (primary N) is 1.